The van der Waals surface area contributed by atoms with E-state index in [1.807, 2.05) is 12.1 Å². The van der Waals surface area contributed by atoms with Crippen LogP contribution in [-0.4, -0.2) is 11.7 Å². The third-order valence-corrected chi connectivity index (χ3v) is 2.23. The van der Waals surface area contributed by atoms with Crippen molar-refractivity contribution in [3.63, 3.8) is 0 Å². The Morgan fingerprint density at radius 2 is 1.71 bits per heavy atom. The molecule has 78 valence electrons. The van der Waals surface area contributed by atoms with Crippen LogP contribution in [0.4, 0.5) is 0 Å². The maximum atomic E-state index is 9.14. The molecule has 0 fully saturated rings. The predicted molar refractivity (Wildman–Crippen MR) is 59.4 cm³/mol. The van der Waals surface area contributed by atoms with E-state index in [9.17, 15) is 0 Å². The van der Waals surface area contributed by atoms with Crippen LogP contribution in [0.1, 0.15) is 32.4 Å². The van der Waals surface area contributed by atoms with Gasteiger partial charge in [-0.25, -0.2) is 0 Å². The average Bonchev–Trinajstić information content (AvgIpc) is 2.15. The Labute approximate surface area is 86.0 Å². The molecular weight excluding hydrogens is 174 g/mol. The van der Waals surface area contributed by atoms with Crippen molar-refractivity contribution in [2.75, 3.05) is 6.54 Å². The van der Waals surface area contributed by atoms with Crippen LogP contribution in [0.5, 0.6) is 5.75 Å². The van der Waals surface area contributed by atoms with Crippen molar-refractivity contribution in [2.24, 2.45) is 5.92 Å². The summed E-state index contributed by atoms with van der Waals surface area (Å²) >= 11 is 0. The smallest absolute Gasteiger partial charge is 0.115 e. The highest BCUT2D eigenvalue weighted by Crippen LogP contribution is 2.16. The van der Waals surface area contributed by atoms with Gasteiger partial charge in [-0.3, -0.25) is 0 Å². The molecule has 0 aliphatic carbocycles. The molecule has 0 aliphatic heterocycles. The van der Waals surface area contributed by atoms with Gasteiger partial charge in [0.2, 0.25) is 0 Å². The number of nitrogens with one attached hydrogen (secondary N) is 1. The van der Waals surface area contributed by atoms with Crippen molar-refractivity contribution >= 4 is 0 Å². The first-order chi connectivity index (χ1) is 6.59. The van der Waals surface area contributed by atoms with Crippen molar-refractivity contribution in [3.05, 3.63) is 29.8 Å². The third-order valence-electron chi connectivity index (χ3n) is 2.23. The highest BCUT2D eigenvalue weighted by Gasteiger charge is 2.04. The summed E-state index contributed by atoms with van der Waals surface area (Å²) in [7, 11) is 0. The average molecular weight is 193 g/mol. The van der Waals surface area contributed by atoms with Crippen LogP contribution < -0.4 is 5.32 Å². The zero-order valence-corrected chi connectivity index (χ0v) is 9.12. The summed E-state index contributed by atoms with van der Waals surface area (Å²) in [6.07, 6.45) is 0. The number of phenolic OH excluding ortho intramolecular Hbond substituents is 1. The van der Waals surface area contributed by atoms with E-state index in [-0.39, 0.29) is 0 Å². The minimum atomic E-state index is 0.324. The predicted octanol–water partition coefficient (Wildman–Crippen LogP) is 2.70. The summed E-state index contributed by atoms with van der Waals surface area (Å²) in [6, 6.07) is 7.70. The molecular formula is C12H19NO. The van der Waals surface area contributed by atoms with Gasteiger partial charge in [0.05, 0.1) is 0 Å². The Bertz CT molecular complexity index is 266. The summed E-state index contributed by atoms with van der Waals surface area (Å²) in [5.74, 6) is 0.986. The van der Waals surface area contributed by atoms with Crippen LogP contribution in [-0.2, 0) is 0 Å². The Morgan fingerprint density at radius 3 is 2.21 bits per heavy atom. The van der Waals surface area contributed by atoms with Gasteiger partial charge in [-0.2, -0.15) is 0 Å². The monoisotopic (exact) mass is 193 g/mol. The number of aromatic hydroxyl groups is 1. The highest BCUT2D eigenvalue weighted by atomic mass is 16.3. The van der Waals surface area contributed by atoms with Crippen LogP contribution in [0, 0.1) is 5.92 Å². The summed E-state index contributed by atoms with van der Waals surface area (Å²) < 4.78 is 0. The zero-order chi connectivity index (χ0) is 10.6. The lowest BCUT2D eigenvalue weighted by Gasteiger charge is -2.15. The van der Waals surface area contributed by atoms with Crippen LogP contribution in [0.25, 0.3) is 0 Å². The molecule has 0 aliphatic rings. The van der Waals surface area contributed by atoms with Crippen LogP contribution >= 0.6 is 0 Å². The molecule has 2 heteroatoms. The fourth-order valence-corrected chi connectivity index (χ4v) is 1.29. The van der Waals surface area contributed by atoms with Gasteiger partial charge in [-0.15, -0.1) is 0 Å². The molecule has 1 rings (SSSR count). The number of benzene rings is 1. The molecule has 2 nitrogen and oxygen atoms in total. The molecule has 1 aromatic rings. The first kappa shape index (κ1) is 11.1. The van der Waals surface area contributed by atoms with E-state index >= 15 is 0 Å². The lowest BCUT2D eigenvalue weighted by molar-refractivity contribution is 0.472. The van der Waals surface area contributed by atoms with Gasteiger partial charge in [-0.05, 0) is 37.1 Å². The van der Waals surface area contributed by atoms with Gasteiger partial charge < -0.3 is 10.4 Å². The second-order valence-electron chi connectivity index (χ2n) is 4.12. The third kappa shape index (κ3) is 3.38. The summed E-state index contributed by atoms with van der Waals surface area (Å²) in [5.41, 5.74) is 1.21. The lowest BCUT2D eigenvalue weighted by atomic mass is 10.1. The van der Waals surface area contributed by atoms with Gasteiger partial charge in [0, 0.05) is 6.04 Å². The molecule has 0 radical (unpaired) electrons. The molecule has 2 N–H and O–H groups in total. The molecule has 0 spiro atoms. The zero-order valence-electron chi connectivity index (χ0n) is 9.12. The first-order valence-corrected chi connectivity index (χ1v) is 5.12. The van der Waals surface area contributed by atoms with Crippen molar-refractivity contribution in [2.45, 2.75) is 26.8 Å². The molecule has 0 saturated heterocycles. The molecule has 0 aromatic heterocycles. The van der Waals surface area contributed by atoms with Crippen molar-refractivity contribution < 1.29 is 5.11 Å². The number of phenols is 1. The van der Waals surface area contributed by atoms with E-state index in [1.54, 1.807) is 12.1 Å². The van der Waals surface area contributed by atoms with Gasteiger partial charge in [0.25, 0.3) is 0 Å². The maximum absolute atomic E-state index is 9.14. The van der Waals surface area contributed by atoms with Gasteiger partial charge >= 0.3 is 0 Å². The second kappa shape index (κ2) is 5.01. The lowest BCUT2D eigenvalue weighted by Crippen LogP contribution is -2.23. The van der Waals surface area contributed by atoms with Crippen LogP contribution in [0.2, 0.25) is 0 Å². The summed E-state index contributed by atoms with van der Waals surface area (Å²) in [5, 5.41) is 12.6. The molecule has 1 unspecified atom stereocenters. The fraction of sp³-hybridized carbons (Fsp3) is 0.500. The summed E-state index contributed by atoms with van der Waals surface area (Å²) in [6.45, 7) is 7.53. The molecule has 14 heavy (non-hydrogen) atoms. The van der Waals surface area contributed by atoms with E-state index in [4.69, 9.17) is 5.11 Å². The summed E-state index contributed by atoms with van der Waals surface area (Å²) in [4.78, 5) is 0. The van der Waals surface area contributed by atoms with Gasteiger partial charge in [-0.1, -0.05) is 26.0 Å². The maximum Gasteiger partial charge on any atom is 0.115 e. The molecule has 1 atom stereocenters. The SMILES string of the molecule is CC(C)CNC(C)c1ccc(O)cc1. The van der Waals surface area contributed by atoms with Gasteiger partial charge in [0.15, 0.2) is 0 Å². The molecule has 1 aromatic carbocycles. The topological polar surface area (TPSA) is 32.3 Å². The first-order valence-electron chi connectivity index (χ1n) is 5.12. The minimum absolute atomic E-state index is 0.324. The number of rotatable bonds is 4. The molecule has 0 amide bonds. The van der Waals surface area contributed by atoms with E-state index < -0.39 is 0 Å². The van der Waals surface area contributed by atoms with Crippen LogP contribution in [0.15, 0.2) is 24.3 Å². The van der Waals surface area contributed by atoms with Crippen molar-refractivity contribution in [3.8, 4) is 5.75 Å². The quantitative estimate of drug-likeness (QED) is 0.770. The van der Waals surface area contributed by atoms with E-state index in [0.29, 0.717) is 17.7 Å². The van der Waals surface area contributed by atoms with Crippen molar-refractivity contribution in [1.29, 1.82) is 0 Å². The molecule has 0 heterocycles. The highest BCUT2D eigenvalue weighted by molar-refractivity contribution is 5.27. The van der Waals surface area contributed by atoms with Crippen molar-refractivity contribution in [1.82, 2.24) is 5.32 Å². The Balaban J connectivity index is 2.52. The van der Waals surface area contributed by atoms with E-state index in [1.165, 1.54) is 5.56 Å². The van der Waals surface area contributed by atoms with E-state index in [0.717, 1.165) is 6.54 Å². The number of hydrogen-bond donors (Lipinski definition) is 2. The largest absolute Gasteiger partial charge is 0.508 e. The number of hydrogen-bond acceptors (Lipinski definition) is 2. The Morgan fingerprint density at radius 1 is 1.14 bits per heavy atom. The Hall–Kier alpha value is -1.02. The van der Waals surface area contributed by atoms with E-state index in [2.05, 4.69) is 26.1 Å². The van der Waals surface area contributed by atoms with Gasteiger partial charge in [0.1, 0.15) is 5.75 Å². The van der Waals surface area contributed by atoms with Crippen LogP contribution in [0.3, 0.4) is 0 Å². The standard InChI is InChI=1S/C12H19NO/c1-9(2)8-13-10(3)11-4-6-12(14)7-5-11/h4-7,9-10,13-14H,8H2,1-3H3. The molecule has 0 bridgehead atoms. The second-order valence-corrected chi connectivity index (χ2v) is 4.12. The fourth-order valence-electron chi connectivity index (χ4n) is 1.29. The normalized spacial score (nSPS) is 13.1. The minimum Gasteiger partial charge on any atom is -0.508 e. The molecule has 0 saturated carbocycles. The Kier molecular flexibility index (Phi) is 3.96.